The summed E-state index contributed by atoms with van der Waals surface area (Å²) in [5, 5.41) is 27.0. The van der Waals surface area contributed by atoms with E-state index >= 15 is 0 Å². The maximum Gasteiger partial charge on any atom is 1.00 e. The largest absolute Gasteiger partial charge is 1.00 e. The van der Waals surface area contributed by atoms with E-state index < -0.39 is 4.92 Å². The fourth-order valence-electron chi connectivity index (χ4n) is 2.34. The van der Waals surface area contributed by atoms with Crippen molar-refractivity contribution >= 4 is 16.6 Å². The molecule has 3 aromatic rings. The Bertz CT molecular complexity index is 884. The van der Waals surface area contributed by atoms with Crippen molar-refractivity contribution in [2.75, 3.05) is 13.7 Å². The number of ether oxygens (including phenoxy) is 2. The van der Waals surface area contributed by atoms with Crippen molar-refractivity contribution in [3.05, 3.63) is 52.6 Å². The average molecular weight is 387 g/mol. The standard InChI is InChI=1S/C16H15N3O5.Na.2H2O/c1-23-13-6-7-15-14(10-13)16(20)17-18(15)8-9-24-12-4-2-11(3-5-12)19(21)22;;;/h2-7,10H,8-9H2,1H3,(H,17,20);;2*1H2/q;+1;;/p-1. The van der Waals surface area contributed by atoms with Crippen LogP contribution in [0.2, 0.25) is 0 Å². The molecule has 0 unspecified atom stereocenters. The number of hydrogen-bond acceptors (Lipinski definition) is 6. The molecular formula is C16H18N3NaO7. The van der Waals surface area contributed by atoms with Gasteiger partial charge in [-0.05, 0) is 30.3 Å². The van der Waals surface area contributed by atoms with Crippen LogP contribution in [0.3, 0.4) is 0 Å². The first-order chi connectivity index (χ1) is 11.6. The van der Waals surface area contributed by atoms with Gasteiger partial charge in [-0.3, -0.25) is 14.8 Å². The zero-order valence-electron chi connectivity index (χ0n) is 14.8. The molecule has 0 bridgehead atoms. The van der Waals surface area contributed by atoms with Crippen LogP contribution in [0.4, 0.5) is 5.69 Å². The molecule has 0 aliphatic heterocycles. The molecule has 1 aromatic heterocycles. The van der Waals surface area contributed by atoms with Crippen LogP contribution >= 0.6 is 0 Å². The molecule has 4 N–H and O–H groups in total. The Morgan fingerprint density at radius 2 is 1.74 bits per heavy atom. The van der Waals surface area contributed by atoms with Crippen molar-refractivity contribution < 1.29 is 60.0 Å². The maximum atomic E-state index is 11.9. The van der Waals surface area contributed by atoms with E-state index in [1.807, 2.05) is 0 Å². The molecule has 11 heteroatoms. The first-order valence-electron chi connectivity index (χ1n) is 7.17. The Hall–Kier alpha value is -2.37. The number of aromatic nitrogens is 2. The van der Waals surface area contributed by atoms with Gasteiger partial charge in [0.2, 0.25) is 0 Å². The van der Waals surface area contributed by atoms with Gasteiger partial charge in [0.25, 0.3) is 5.69 Å². The van der Waals surface area contributed by atoms with E-state index in [2.05, 4.69) is 5.10 Å². The summed E-state index contributed by atoms with van der Waals surface area (Å²) >= 11 is 0. The number of hydrogen-bond donors (Lipinski definition) is 0. The quantitative estimate of drug-likeness (QED) is 0.257. The van der Waals surface area contributed by atoms with Gasteiger partial charge < -0.3 is 25.5 Å². The number of rotatable bonds is 6. The monoisotopic (exact) mass is 387 g/mol. The van der Waals surface area contributed by atoms with Crippen LogP contribution < -0.4 is 44.1 Å². The van der Waals surface area contributed by atoms with Crippen LogP contribution in [0.25, 0.3) is 10.9 Å². The summed E-state index contributed by atoms with van der Waals surface area (Å²) in [4.78, 5) is 10.1. The van der Waals surface area contributed by atoms with Crippen molar-refractivity contribution in [2.45, 2.75) is 6.54 Å². The average Bonchev–Trinajstić information content (AvgIpc) is 2.91. The summed E-state index contributed by atoms with van der Waals surface area (Å²) in [5.74, 6) is 0.793. The minimum atomic E-state index is -0.469. The molecule has 0 saturated carbocycles. The molecule has 0 radical (unpaired) electrons. The fourth-order valence-corrected chi connectivity index (χ4v) is 2.34. The molecule has 0 aliphatic carbocycles. The number of nitrogens with zero attached hydrogens (tertiary/aromatic N) is 3. The summed E-state index contributed by atoms with van der Waals surface area (Å²) in [6, 6.07) is 11.0. The maximum absolute atomic E-state index is 11.9. The minimum absolute atomic E-state index is 0. The smallest absolute Gasteiger partial charge is 0.857 e. The summed E-state index contributed by atoms with van der Waals surface area (Å²) in [6.45, 7) is 0.655. The molecule has 3 rings (SSSR count). The zero-order chi connectivity index (χ0) is 17.1. The van der Waals surface area contributed by atoms with Gasteiger partial charge in [0.05, 0.1) is 24.1 Å². The molecule has 0 saturated heterocycles. The number of methoxy groups -OCH3 is 1. The predicted octanol–water partition coefficient (Wildman–Crippen LogP) is -2.54. The Morgan fingerprint density at radius 3 is 2.33 bits per heavy atom. The molecule has 10 nitrogen and oxygen atoms in total. The Balaban J connectivity index is 0.00000225. The summed E-state index contributed by atoms with van der Waals surface area (Å²) in [5.41, 5.74) is 0.707. The first kappa shape index (κ1) is 24.6. The van der Waals surface area contributed by atoms with Crippen molar-refractivity contribution in [3.8, 4) is 17.4 Å². The fraction of sp³-hybridized carbons (Fsp3) is 0.188. The molecular weight excluding hydrogens is 369 g/mol. The van der Waals surface area contributed by atoms with Crippen LogP contribution in [-0.4, -0.2) is 39.4 Å². The van der Waals surface area contributed by atoms with E-state index in [4.69, 9.17) is 9.47 Å². The van der Waals surface area contributed by atoms with Crippen molar-refractivity contribution in [3.63, 3.8) is 0 Å². The summed E-state index contributed by atoms with van der Waals surface area (Å²) in [6.07, 6.45) is 0. The zero-order valence-corrected chi connectivity index (χ0v) is 16.8. The second-order valence-corrected chi connectivity index (χ2v) is 5.01. The van der Waals surface area contributed by atoms with Gasteiger partial charge in [0, 0.05) is 23.4 Å². The van der Waals surface area contributed by atoms with Crippen molar-refractivity contribution in [2.24, 2.45) is 0 Å². The molecule has 27 heavy (non-hydrogen) atoms. The van der Waals surface area contributed by atoms with Crippen LogP contribution in [0.15, 0.2) is 42.5 Å². The number of nitro groups is 1. The number of benzene rings is 2. The van der Waals surface area contributed by atoms with Gasteiger partial charge in [-0.15, -0.1) is 0 Å². The van der Waals surface area contributed by atoms with E-state index in [0.717, 1.165) is 0 Å². The van der Waals surface area contributed by atoms with Crippen LogP contribution in [0.5, 0.6) is 17.4 Å². The second kappa shape index (κ2) is 10.7. The van der Waals surface area contributed by atoms with Crippen molar-refractivity contribution in [1.82, 2.24) is 9.78 Å². The topological polar surface area (TPSA) is 165 Å². The predicted molar refractivity (Wildman–Crippen MR) is 91.6 cm³/mol. The number of non-ortho nitro benzene ring substituents is 1. The van der Waals surface area contributed by atoms with Crippen molar-refractivity contribution in [1.29, 1.82) is 0 Å². The molecule has 2 aromatic carbocycles. The summed E-state index contributed by atoms with van der Waals surface area (Å²) < 4.78 is 12.2. The Kier molecular flexibility index (Phi) is 9.76. The van der Waals surface area contributed by atoms with E-state index in [1.54, 1.807) is 22.9 Å². The molecule has 0 atom stereocenters. The number of nitro benzene ring substituents is 1. The van der Waals surface area contributed by atoms with E-state index in [9.17, 15) is 15.2 Å². The van der Waals surface area contributed by atoms with Crippen LogP contribution in [0.1, 0.15) is 0 Å². The van der Waals surface area contributed by atoms with E-state index in [-0.39, 0.29) is 58.7 Å². The Morgan fingerprint density at radius 1 is 1.11 bits per heavy atom. The van der Waals surface area contributed by atoms with Gasteiger partial charge >= 0.3 is 29.6 Å². The van der Waals surface area contributed by atoms with E-state index in [1.165, 1.54) is 31.4 Å². The van der Waals surface area contributed by atoms with Gasteiger partial charge in [-0.2, -0.15) is 5.10 Å². The second-order valence-electron chi connectivity index (χ2n) is 5.01. The van der Waals surface area contributed by atoms with E-state index in [0.29, 0.717) is 28.9 Å². The van der Waals surface area contributed by atoms with Gasteiger partial charge in [-0.25, -0.2) is 0 Å². The van der Waals surface area contributed by atoms with Crippen LogP contribution in [-0.2, 0) is 6.54 Å². The van der Waals surface area contributed by atoms with Crippen LogP contribution in [0, 0.1) is 10.1 Å². The Labute approximate surface area is 176 Å². The molecule has 0 fully saturated rings. The molecule has 1 heterocycles. The third kappa shape index (κ3) is 5.55. The number of fused-ring (bicyclic) bond motifs is 1. The molecule has 140 valence electrons. The third-order valence-corrected chi connectivity index (χ3v) is 3.54. The normalized spacial score (nSPS) is 9.52. The summed E-state index contributed by atoms with van der Waals surface area (Å²) in [7, 11) is 1.54. The SMILES string of the molecule is COc1ccc2c(c1)c([O-])nn2CCOc1ccc([N+](=O)[O-])cc1.O.O.[Na+]. The first-order valence-corrected chi connectivity index (χ1v) is 7.17. The van der Waals surface area contributed by atoms with Gasteiger partial charge in [0.1, 0.15) is 18.1 Å². The van der Waals surface area contributed by atoms with Gasteiger partial charge in [0.15, 0.2) is 0 Å². The molecule has 0 amide bonds. The van der Waals surface area contributed by atoms with Gasteiger partial charge in [-0.1, -0.05) is 0 Å². The molecule has 0 aliphatic rings. The third-order valence-electron chi connectivity index (χ3n) is 3.54. The minimum Gasteiger partial charge on any atom is -0.857 e. The molecule has 0 spiro atoms.